The number of halogens is 1. The van der Waals surface area contributed by atoms with Gasteiger partial charge in [0.05, 0.1) is 16.6 Å². The molecule has 14 heavy (non-hydrogen) atoms. The zero-order valence-corrected chi connectivity index (χ0v) is 7.47. The molecule has 3 nitrogen and oxygen atoms in total. The van der Waals surface area contributed by atoms with Crippen molar-refractivity contribution < 1.29 is 9.50 Å². The molecule has 1 heterocycles. The lowest BCUT2D eigenvalue weighted by Crippen LogP contribution is -2.05. The number of pyridine rings is 1. The summed E-state index contributed by atoms with van der Waals surface area (Å²) in [5.74, 6) is -0.856. The predicted molar refractivity (Wildman–Crippen MR) is 50.9 cm³/mol. The lowest BCUT2D eigenvalue weighted by Gasteiger charge is -2.02. The number of aryl methyl sites for hydroxylation is 1. The Labute approximate surface area is 78.8 Å². The summed E-state index contributed by atoms with van der Waals surface area (Å²) in [6.07, 6.45) is 0. The molecule has 2 rings (SSSR count). The fourth-order valence-electron chi connectivity index (χ4n) is 1.38. The highest BCUT2D eigenvalue weighted by Crippen LogP contribution is 2.17. The van der Waals surface area contributed by atoms with Gasteiger partial charge in [-0.25, -0.2) is 4.39 Å². The Morgan fingerprint density at radius 3 is 2.86 bits per heavy atom. The van der Waals surface area contributed by atoms with E-state index in [1.54, 1.807) is 0 Å². The van der Waals surface area contributed by atoms with Crippen LogP contribution in [-0.2, 0) is 0 Å². The first kappa shape index (κ1) is 8.74. The Morgan fingerprint density at radius 1 is 1.43 bits per heavy atom. The fourth-order valence-corrected chi connectivity index (χ4v) is 1.38. The van der Waals surface area contributed by atoms with E-state index >= 15 is 0 Å². The molecule has 0 aliphatic carbocycles. The molecule has 0 fully saturated rings. The highest BCUT2D eigenvalue weighted by molar-refractivity contribution is 5.80. The van der Waals surface area contributed by atoms with E-state index in [-0.39, 0.29) is 22.3 Å². The van der Waals surface area contributed by atoms with E-state index in [0.29, 0.717) is 0 Å². The minimum absolute atomic E-state index is 0.132. The molecule has 0 aliphatic heterocycles. The van der Waals surface area contributed by atoms with Crippen LogP contribution in [-0.4, -0.2) is 10.1 Å². The second-order valence-electron chi connectivity index (χ2n) is 3.09. The van der Waals surface area contributed by atoms with Gasteiger partial charge in [0, 0.05) is 0 Å². The Morgan fingerprint density at radius 2 is 2.14 bits per heavy atom. The van der Waals surface area contributed by atoms with E-state index in [1.165, 1.54) is 25.1 Å². The standard InChI is InChI=1S/C10H8FNO2/c1-5-9(13)10(14)6-3-2-4-7(11)8(6)12-5/h2-4,13H,1H3,(H,12,14). The topological polar surface area (TPSA) is 53.1 Å². The van der Waals surface area contributed by atoms with Crippen LogP contribution in [0.15, 0.2) is 23.0 Å². The summed E-state index contributed by atoms with van der Waals surface area (Å²) in [6.45, 7) is 1.52. The zero-order valence-electron chi connectivity index (χ0n) is 7.47. The summed E-state index contributed by atoms with van der Waals surface area (Å²) in [5.41, 5.74) is -0.142. The maximum absolute atomic E-state index is 13.2. The number of rotatable bonds is 0. The molecule has 72 valence electrons. The summed E-state index contributed by atoms with van der Waals surface area (Å²) in [4.78, 5) is 14.1. The summed E-state index contributed by atoms with van der Waals surface area (Å²) in [7, 11) is 0. The predicted octanol–water partition coefficient (Wildman–Crippen LogP) is 1.68. The molecule has 4 heteroatoms. The highest BCUT2D eigenvalue weighted by Gasteiger charge is 2.09. The molecule has 1 aromatic heterocycles. The van der Waals surface area contributed by atoms with Crippen LogP contribution in [0.3, 0.4) is 0 Å². The van der Waals surface area contributed by atoms with Gasteiger partial charge >= 0.3 is 0 Å². The summed E-state index contributed by atoms with van der Waals surface area (Å²) in [5, 5.41) is 9.49. The molecule has 1 aromatic carbocycles. The van der Waals surface area contributed by atoms with Crippen LogP contribution in [0.2, 0.25) is 0 Å². The molecule has 0 amide bonds. The molecular formula is C10H8FNO2. The molecule has 0 bridgehead atoms. The normalized spacial score (nSPS) is 10.7. The number of benzene rings is 1. The Kier molecular flexibility index (Phi) is 1.77. The second kappa shape index (κ2) is 2.83. The molecule has 0 unspecified atom stereocenters. The van der Waals surface area contributed by atoms with Crippen molar-refractivity contribution in [1.82, 2.24) is 4.98 Å². The van der Waals surface area contributed by atoms with Gasteiger partial charge in [0.15, 0.2) is 5.75 Å². The Bertz CT molecular complexity index is 560. The molecule has 0 aliphatic rings. The molecule has 0 saturated carbocycles. The van der Waals surface area contributed by atoms with Crippen molar-refractivity contribution in [2.45, 2.75) is 6.92 Å². The SMILES string of the molecule is Cc1[nH]c2c(F)cccc2c(=O)c1O. The van der Waals surface area contributed by atoms with Crippen molar-refractivity contribution in [2.24, 2.45) is 0 Å². The largest absolute Gasteiger partial charge is 0.503 e. The van der Waals surface area contributed by atoms with Gasteiger partial charge in [-0.1, -0.05) is 6.07 Å². The van der Waals surface area contributed by atoms with Gasteiger partial charge in [-0.2, -0.15) is 0 Å². The monoisotopic (exact) mass is 193 g/mol. The number of aromatic amines is 1. The van der Waals surface area contributed by atoms with Crippen molar-refractivity contribution >= 4 is 10.9 Å². The van der Waals surface area contributed by atoms with Crippen molar-refractivity contribution in [2.75, 3.05) is 0 Å². The van der Waals surface area contributed by atoms with E-state index in [1.807, 2.05) is 0 Å². The smallest absolute Gasteiger partial charge is 0.231 e. The van der Waals surface area contributed by atoms with E-state index in [0.717, 1.165) is 0 Å². The van der Waals surface area contributed by atoms with Crippen LogP contribution >= 0.6 is 0 Å². The van der Waals surface area contributed by atoms with Gasteiger partial charge in [0.1, 0.15) is 5.82 Å². The van der Waals surface area contributed by atoms with Crippen LogP contribution in [0, 0.1) is 12.7 Å². The van der Waals surface area contributed by atoms with E-state index < -0.39 is 11.2 Å². The number of aromatic nitrogens is 1. The highest BCUT2D eigenvalue weighted by atomic mass is 19.1. The van der Waals surface area contributed by atoms with Crippen LogP contribution < -0.4 is 5.43 Å². The first-order valence-electron chi connectivity index (χ1n) is 4.11. The summed E-state index contributed by atoms with van der Waals surface area (Å²) in [6, 6.07) is 4.16. The van der Waals surface area contributed by atoms with Crippen molar-refractivity contribution in [3.8, 4) is 5.75 Å². The lowest BCUT2D eigenvalue weighted by atomic mass is 10.2. The second-order valence-corrected chi connectivity index (χ2v) is 3.09. The maximum atomic E-state index is 13.2. The van der Waals surface area contributed by atoms with E-state index in [2.05, 4.69) is 4.98 Å². The number of nitrogens with one attached hydrogen (secondary N) is 1. The number of aromatic hydroxyl groups is 1. The van der Waals surface area contributed by atoms with Gasteiger partial charge in [-0.3, -0.25) is 4.79 Å². The summed E-state index contributed by atoms with van der Waals surface area (Å²) < 4.78 is 13.2. The molecular weight excluding hydrogens is 185 g/mol. The number of para-hydroxylation sites is 1. The third kappa shape index (κ3) is 1.08. The fraction of sp³-hybridized carbons (Fsp3) is 0.100. The zero-order chi connectivity index (χ0) is 10.3. The van der Waals surface area contributed by atoms with Gasteiger partial charge in [-0.05, 0) is 19.1 Å². The maximum Gasteiger partial charge on any atom is 0.231 e. The first-order chi connectivity index (χ1) is 6.61. The van der Waals surface area contributed by atoms with E-state index in [4.69, 9.17) is 0 Å². The van der Waals surface area contributed by atoms with Crippen LogP contribution in [0.5, 0.6) is 5.75 Å². The number of H-pyrrole nitrogens is 1. The minimum Gasteiger partial charge on any atom is -0.503 e. The number of hydrogen-bond acceptors (Lipinski definition) is 2. The Balaban J connectivity index is 3.06. The average Bonchev–Trinajstić information content (AvgIpc) is 2.17. The number of hydrogen-bond donors (Lipinski definition) is 2. The average molecular weight is 193 g/mol. The summed E-state index contributed by atoms with van der Waals surface area (Å²) >= 11 is 0. The van der Waals surface area contributed by atoms with Gasteiger partial charge < -0.3 is 10.1 Å². The van der Waals surface area contributed by atoms with Gasteiger partial charge in [0.25, 0.3) is 0 Å². The van der Waals surface area contributed by atoms with Crippen molar-refractivity contribution in [3.05, 3.63) is 39.9 Å². The molecule has 2 N–H and O–H groups in total. The lowest BCUT2D eigenvalue weighted by molar-refractivity contribution is 0.464. The third-order valence-electron chi connectivity index (χ3n) is 2.14. The first-order valence-corrected chi connectivity index (χ1v) is 4.11. The van der Waals surface area contributed by atoms with Crippen LogP contribution in [0.25, 0.3) is 10.9 Å². The van der Waals surface area contributed by atoms with Crippen LogP contribution in [0.1, 0.15) is 5.69 Å². The van der Waals surface area contributed by atoms with Crippen molar-refractivity contribution in [1.29, 1.82) is 0 Å². The molecule has 0 saturated heterocycles. The molecule has 0 radical (unpaired) electrons. The van der Waals surface area contributed by atoms with Gasteiger partial charge in [0.2, 0.25) is 5.43 Å². The molecule has 0 spiro atoms. The quantitative estimate of drug-likeness (QED) is 0.668. The van der Waals surface area contributed by atoms with E-state index in [9.17, 15) is 14.3 Å². The third-order valence-corrected chi connectivity index (χ3v) is 2.14. The van der Waals surface area contributed by atoms with Crippen LogP contribution in [0.4, 0.5) is 4.39 Å². The Hall–Kier alpha value is -1.84. The minimum atomic E-state index is -0.546. The number of fused-ring (bicyclic) bond motifs is 1. The van der Waals surface area contributed by atoms with Gasteiger partial charge in [-0.15, -0.1) is 0 Å². The molecule has 0 atom stereocenters. The van der Waals surface area contributed by atoms with Crippen molar-refractivity contribution in [3.63, 3.8) is 0 Å². The molecule has 2 aromatic rings.